The molecule has 0 bridgehead atoms. The molecule has 174 valence electrons. The Bertz CT molecular complexity index is 1100. The molecule has 3 aromatic rings. The number of hydrogen-bond donors (Lipinski definition) is 3. The fraction of sp³-hybridized carbons (Fsp3) is 0.296. The summed E-state index contributed by atoms with van der Waals surface area (Å²) in [7, 11) is 0. The minimum atomic E-state index is -0.901. The van der Waals surface area contributed by atoms with E-state index in [9.17, 15) is 14.4 Å². The van der Waals surface area contributed by atoms with Gasteiger partial charge in [-0.25, -0.2) is 0 Å². The first-order valence-electron chi connectivity index (χ1n) is 11.1. The van der Waals surface area contributed by atoms with Crippen LogP contribution in [0.3, 0.4) is 0 Å². The maximum absolute atomic E-state index is 13.1. The van der Waals surface area contributed by atoms with Crippen LogP contribution >= 0.6 is 0 Å². The first-order chi connectivity index (χ1) is 15.6. The van der Waals surface area contributed by atoms with Crippen LogP contribution in [0.2, 0.25) is 0 Å². The molecule has 0 spiro atoms. The van der Waals surface area contributed by atoms with Crippen molar-refractivity contribution in [2.24, 2.45) is 0 Å². The van der Waals surface area contributed by atoms with E-state index in [0.29, 0.717) is 11.3 Å². The summed E-state index contributed by atoms with van der Waals surface area (Å²) in [5.41, 5.74) is 3.49. The number of hydrogen-bond acceptors (Lipinski definition) is 3. The Morgan fingerprint density at radius 1 is 0.879 bits per heavy atom. The highest BCUT2D eigenvalue weighted by molar-refractivity contribution is 6.01. The number of aryl methyl sites for hydroxylation is 1. The fourth-order valence-corrected chi connectivity index (χ4v) is 3.09. The van der Waals surface area contributed by atoms with Crippen LogP contribution in [0.15, 0.2) is 71.7 Å². The average Bonchev–Trinajstić information content (AvgIpc) is 2.79. The summed E-state index contributed by atoms with van der Waals surface area (Å²) in [6.45, 7) is 12.3. The summed E-state index contributed by atoms with van der Waals surface area (Å²) in [5.74, 6) is -0.815. The normalized spacial score (nSPS) is 11.6. The molecular weight excluding hydrogens is 414 g/mol. The lowest BCUT2D eigenvalue weighted by Crippen LogP contribution is -2.37. The number of benzene rings is 2. The highest BCUT2D eigenvalue weighted by Gasteiger charge is 2.24. The third-order valence-corrected chi connectivity index (χ3v) is 5.01. The lowest BCUT2D eigenvalue weighted by atomic mass is 9.87. The molecule has 0 saturated carbocycles. The summed E-state index contributed by atoms with van der Waals surface area (Å²) in [4.78, 5) is 39.6. The molecule has 1 aromatic heterocycles. The molecule has 6 nitrogen and oxygen atoms in total. The molecule has 3 N–H and O–H groups in total. The predicted molar refractivity (Wildman–Crippen MR) is 134 cm³/mol. The Hall–Kier alpha value is -3.67. The quantitative estimate of drug-likeness (QED) is 0.507. The van der Waals surface area contributed by atoms with Crippen molar-refractivity contribution < 1.29 is 9.59 Å². The second-order valence-corrected chi connectivity index (χ2v) is 8.58. The second kappa shape index (κ2) is 11.3. The van der Waals surface area contributed by atoms with Crippen molar-refractivity contribution in [3.05, 3.63) is 99.5 Å². The average molecular weight is 448 g/mol. The summed E-state index contributed by atoms with van der Waals surface area (Å²) in [6, 6.07) is 16.9. The van der Waals surface area contributed by atoms with Crippen molar-refractivity contribution in [2.75, 3.05) is 5.32 Å². The molecule has 3 rings (SSSR count). The van der Waals surface area contributed by atoms with Gasteiger partial charge in [0.15, 0.2) is 0 Å². The molecule has 33 heavy (non-hydrogen) atoms. The number of amides is 2. The van der Waals surface area contributed by atoms with Crippen LogP contribution in [0, 0.1) is 6.92 Å². The SMILES string of the molecule is CC.Cc1ccc(C(NC(=O)c2ccc(=O)[nH]c2)C(=O)Nc2ccc(C(C)(C)C)cc2)cc1. The van der Waals surface area contributed by atoms with E-state index < -0.39 is 11.9 Å². The zero-order valence-electron chi connectivity index (χ0n) is 20.2. The Balaban J connectivity index is 0.00000187. The van der Waals surface area contributed by atoms with Crippen LogP contribution in [-0.2, 0) is 10.2 Å². The number of aromatic amines is 1. The Kier molecular flexibility index (Phi) is 8.74. The van der Waals surface area contributed by atoms with Crippen LogP contribution < -0.4 is 16.2 Å². The van der Waals surface area contributed by atoms with Crippen LogP contribution in [0.5, 0.6) is 0 Å². The summed E-state index contributed by atoms with van der Waals surface area (Å²) in [6.07, 6.45) is 1.33. The number of pyridine rings is 1. The van der Waals surface area contributed by atoms with Gasteiger partial charge in [0, 0.05) is 18.0 Å². The largest absolute Gasteiger partial charge is 0.336 e. The number of anilines is 1. The molecule has 0 aliphatic carbocycles. The van der Waals surface area contributed by atoms with Crippen LogP contribution in [-0.4, -0.2) is 16.8 Å². The highest BCUT2D eigenvalue weighted by atomic mass is 16.2. The standard InChI is InChI=1S/C25H27N3O3.C2H6/c1-16-5-7-17(8-6-16)22(28-23(30)18-9-14-21(29)26-15-18)24(31)27-20-12-10-19(11-13-20)25(2,3)4;1-2/h5-15,22H,1-4H3,(H,26,29)(H,27,31)(H,28,30);1-2H3. The van der Waals surface area contributed by atoms with Gasteiger partial charge in [0.25, 0.3) is 11.8 Å². The maximum Gasteiger partial charge on any atom is 0.253 e. The van der Waals surface area contributed by atoms with E-state index >= 15 is 0 Å². The van der Waals surface area contributed by atoms with Crippen molar-refractivity contribution in [3.8, 4) is 0 Å². The summed E-state index contributed by atoms with van der Waals surface area (Å²) < 4.78 is 0. The van der Waals surface area contributed by atoms with Gasteiger partial charge in [-0.05, 0) is 41.7 Å². The van der Waals surface area contributed by atoms with Gasteiger partial charge in [-0.3, -0.25) is 14.4 Å². The molecule has 1 unspecified atom stereocenters. The zero-order valence-corrected chi connectivity index (χ0v) is 20.2. The Morgan fingerprint density at radius 2 is 1.48 bits per heavy atom. The number of carbonyl (C=O) groups excluding carboxylic acids is 2. The van der Waals surface area contributed by atoms with E-state index in [1.165, 1.54) is 18.3 Å². The van der Waals surface area contributed by atoms with E-state index in [4.69, 9.17) is 0 Å². The molecule has 2 amide bonds. The lowest BCUT2D eigenvalue weighted by molar-refractivity contribution is -0.118. The molecule has 0 aliphatic heterocycles. The van der Waals surface area contributed by atoms with Gasteiger partial charge in [0.05, 0.1) is 5.56 Å². The van der Waals surface area contributed by atoms with Crippen LogP contribution in [0.1, 0.15) is 67.7 Å². The van der Waals surface area contributed by atoms with Gasteiger partial charge in [0.1, 0.15) is 6.04 Å². The van der Waals surface area contributed by atoms with Crippen LogP contribution in [0.4, 0.5) is 5.69 Å². The molecule has 0 saturated heterocycles. The van der Waals surface area contributed by atoms with Gasteiger partial charge < -0.3 is 15.6 Å². The van der Waals surface area contributed by atoms with E-state index in [1.54, 1.807) is 0 Å². The van der Waals surface area contributed by atoms with Gasteiger partial charge in [-0.15, -0.1) is 0 Å². The molecule has 0 radical (unpaired) electrons. The first-order valence-corrected chi connectivity index (χ1v) is 11.1. The molecule has 6 heteroatoms. The van der Waals surface area contributed by atoms with E-state index in [-0.39, 0.29) is 22.4 Å². The van der Waals surface area contributed by atoms with Crippen molar-refractivity contribution in [2.45, 2.75) is 53.0 Å². The number of nitrogens with one attached hydrogen (secondary N) is 3. The zero-order chi connectivity index (χ0) is 24.6. The van der Waals surface area contributed by atoms with Crippen LogP contribution in [0.25, 0.3) is 0 Å². The van der Waals surface area contributed by atoms with Gasteiger partial charge >= 0.3 is 0 Å². The van der Waals surface area contributed by atoms with E-state index in [2.05, 4.69) is 36.4 Å². The van der Waals surface area contributed by atoms with E-state index in [1.807, 2.05) is 69.3 Å². The van der Waals surface area contributed by atoms with Crippen molar-refractivity contribution in [1.29, 1.82) is 0 Å². The fourth-order valence-electron chi connectivity index (χ4n) is 3.09. The van der Waals surface area contributed by atoms with E-state index in [0.717, 1.165) is 11.1 Å². The topological polar surface area (TPSA) is 91.1 Å². The van der Waals surface area contributed by atoms with Gasteiger partial charge in [-0.1, -0.05) is 76.6 Å². The number of carbonyl (C=O) groups is 2. The predicted octanol–water partition coefficient (Wildman–Crippen LogP) is 5.12. The van der Waals surface area contributed by atoms with Gasteiger partial charge in [-0.2, -0.15) is 0 Å². The maximum atomic E-state index is 13.1. The smallest absolute Gasteiger partial charge is 0.253 e. The van der Waals surface area contributed by atoms with Gasteiger partial charge in [0.2, 0.25) is 5.56 Å². The van der Waals surface area contributed by atoms with Crippen molar-refractivity contribution >= 4 is 17.5 Å². The molecule has 0 fully saturated rings. The second-order valence-electron chi connectivity index (χ2n) is 8.58. The van der Waals surface area contributed by atoms with Crippen molar-refractivity contribution in [1.82, 2.24) is 10.3 Å². The summed E-state index contributed by atoms with van der Waals surface area (Å²) >= 11 is 0. The van der Waals surface area contributed by atoms with Crippen molar-refractivity contribution in [3.63, 3.8) is 0 Å². The number of H-pyrrole nitrogens is 1. The number of aromatic nitrogens is 1. The Labute approximate surface area is 195 Å². The Morgan fingerprint density at radius 3 is 2.00 bits per heavy atom. The molecule has 0 aliphatic rings. The third kappa shape index (κ3) is 7.17. The third-order valence-electron chi connectivity index (χ3n) is 5.01. The minimum Gasteiger partial charge on any atom is -0.336 e. The minimum absolute atomic E-state index is 0.0115. The molecular formula is C27H33N3O3. The monoisotopic (exact) mass is 447 g/mol. The number of rotatable bonds is 5. The summed E-state index contributed by atoms with van der Waals surface area (Å²) in [5, 5.41) is 5.66. The molecule has 1 heterocycles. The highest BCUT2D eigenvalue weighted by Crippen LogP contribution is 2.24. The molecule has 2 aromatic carbocycles. The lowest BCUT2D eigenvalue weighted by Gasteiger charge is -2.21. The first kappa shape index (κ1) is 25.6. The molecule has 1 atom stereocenters.